The molecule has 3 fully saturated rings. The van der Waals surface area contributed by atoms with Gasteiger partial charge in [0.15, 0.2) is 0 Å². The lowest BCUT2D eigenvalue weighted by molar-refractivity contribution is -0.143. The van der Waals surface area contributed by atoms with Gasteiger partial charge in [-0.25, -0.2) is 0 Å². The number of fused-ring (bicyclic) bond motifs is 3. The average Bonchev–Trinajstić information content (AvgIpc) is 3.26. The van der Waals surface area contributed by atoms with Gasteiger partial charge in [-0.1, -0.05) is 18.6 Å². The molecular formula is C19H26N2O3. The van der Waals surface area contributed by atoms with Crippen molar-refractivity contribution >= 4 is 17.7 Å². The van der Waals surface area contributed by atoms with Crippen molar-refractivity contribution < 1.29 is 14.4 Å². The number of allylic oxidation sites excluding steroid dienone is 2. The maximum absolute atomic E-state index is 12.4. The highest BCUT2D eigenvalue weighted by Gasteiger charge is 2.48. The molecule has 24 heavy (non-hydrogen) atoms. The van der Waals surface area contributed by atoms with Crippen LogP contribution in [0.5, 0.6) is 0 Å². The summed E-state index contributed by atoms with van der Waals surface area (Å²) in [5.41, 5.74) is 0. The maximum atomic E-state index is 12.4. The molecule has 2 saturated carbocycles. The molecule has 6 unspecified atom stereocenters. The summed E-state index contributed by atoms with van der Waals surface area (Å²) >= 11 is 0. The molecule has 0 aromatic heterocycles. The summed E-state index contributed by atoms with van der Waals surface area (Å²) in [4.78, 5) is 38.4. The lowest BCUT2D eigenvalue weighted by Crippen LogP contribution is -2.46. The van der Waals surface area contributed by atoms with Crippen LogP contribution in [0.1, 0.15) is 45.4 Å². The predicted molar refractivity (Wildman–Crippen MR) is 88.6 cm³/mol. The average molecular weight is 330 g/mol. The van der Waals surface area contributed by atoms with E-state index in [0.29, 0.717) is 18.8 Å². The van der Waals surface area contributed by atoms with E-state index in [2.05, 4.69) is 12.2 Å². The molecule has 1 aliphatic heterocycles. The quantitative estimate of drug-likeness (QED) is 0.632. The Morgan fingerprint density at radius 3 is 2.38 bits per heavy atom. The topological polar surface area (TPSA) is 66.5 Å². The van der Waals surface area contributed by atoms with Gasteiger partial charge in [-0.3, -0.25) is 19.3 Å². The molecule has 4 rings (SSSR count). The number of carbonyl (C=O) groups is 3. The number of rotatable bonds is 4. The molecule has 5 nitrogen and oxygen atoms in total. The van der Waals surface area contributed by atoms with Gasteiger partial charge in [-0.05, 0) is 56.8 Å². The molecule has 2 bridgehead atoms. The van der Waals surface area contributed by atoms with E-state index in [1.807, 2.05) is 12.2 Å². The van der Waals surface area contributed by atoms with E-state index in [1.54, 1.807) is 0 Å². The smallest absolute Gasteiger partial charge is 0.240 e. The SMILES string of the molecule is CC(NC(=O)CN1C(=O)C2CC=CCC2C1=O)C1CC2CCC1C2. The van der Waals surface area contributed by atoms with Gasteiger partial charge in [-0.2, -0.15) is 0 Å². The van der Waals surface area contributed by atoms with Gasteiger partial charge in [0.1, 0.15) is 6.54 Å². The highest BCUT2D eigenvalue weighted by Crippen LogP contribution is 2.49. The zero-order chi connectivity index (χ0) is 16.8. The van der Waals surface area contributed by atoms with Crippen LogP contribution < -0.4 is 5.32 Å². The Balaban J connectivity index is 1.34. The summed E-state index contributed by atoms with van der Waals surface area (Å²) < 4.78 is 0. The first-order valence-electron chi connectivity index (χ1n) is 9.34. The molecule has 1 N–H and O–H groups in total. The Kier molecular flexibility index (Phi) is 3.97. The molecular weight excluding hydrogens is 304 g/mol. The molecule has 6 atom stereocenters. The molecule has 1 saturated heterocycles. The molecule has 0 aromatic rings. The number of imide groups is 1. The molecule has 0 aromatic carbocycles. The van der Waals surface area contributed by atoms with Crippen LogP contribution in [-0.4, -0.2) is 35.2 Å². The number of likely N-dealkylation sites (tertiary alicyclic amines) is 1. The van der Waals surface area contributed by atoms with Crippen molar-refractivity contribution in [3.8, 4) is 0 Å². The highest BCUT2D eigenvalue weighted by atomic mass is 16.2. The normalized spacial score (nSPS) is 38.5. The summed E-state index contributed by atoms with van der Waals surface area (Å²) in [6.07, 6.45) is 10.3. The van der Waals surface area contributed by atoms with Crippen molar-refractivity contribution in [1.29, 1.82) is 0 Å². The minimum absolute atomic E-state index is 0.115. The van der Waals surface area contributed by atoms with Gasteiger partial charge >= 0.3 is 0 Å². The van der Waals surface area contributed by atoms with Gasteiger partial charge in [-0.15, -0.1) is 0 Å². The fourth-order valence-corrected chi connectivity index (χ4v) is 5.48. The van der Waals surface area contributed by atoms with Crippen LogP contribution in [0.15, 0.2) is 12.2 Å². The van der Waals surface area contributed by atoms with Crippen LogP contribution in [0.3, 0.4) is 0 Å². The zero-order valence-corrected chi connectivity index (χ0v) is 14.2. The molecule has 0 radical (unpaired) electrons. The van der Waals surface area contributed by atoms with E-state index in [-0.39, 0.29) is 42.1 Å². The van der Waals surface area contributed by atoms with Crippen molar-refractivity contribution in [2.75, 3.05) is 6.54 Å². The number of nitrogens with zero attached hydrogens (tertiary/aromatic N) is 1. The van der Waals surface area contributed by atoms with E-state index in [9.17, 15) is 14.4 Å². The highest BCUT2D eigenvalue weighted by molar-refractivity contribution is 6.07. The van der Waals surface area contributed by atoms with Crippen LogP contribution in [0, 0.1) is 29.6 Å². The number of hydrogen-bond acceptors (Lipinski definition) is 3. The molecule has 1 heterocycles. The molecule has 4 aliphatic rings. The molecule has 3 aliphatic carbocycles. The summed E-state index contributed by atoms with van der Waals surface area (Å²) in [7, 11) is 0. The monoisotopic (exact) mass is 330 g/mol. The summed E-state index contributed by atoms with van der Waals surface area (Å²) in [6, 6.07) is 0.129. The minimum Gasteiger partial charge on any atom is -0.352 e. The summed E-state index contributed by atoms with van der Waals surface area (Å²) in [6.45, 7) is 1.95. The Labute approximate surface area is 142 Å². The maximum Gasteiger partial charge on any atom is 0.240 e. The fraction of sp³-hybridized carbons (Fsp3) is 0.737. The zero-order valence-electron chi connectivity index (χ0n) is 14.2. The first kappa shape index (κ1) is 15.9. The first-order valence-corrected chi connectivity index (χ1v) is 9.34. The predicted octanol–water partition coefficient (Wildman–Crippen LogP) is 1.88. The Hall–Kier alpha value is -1.65. The summed E-state index contributed by atoms with van der Waals surface area (Å²) in [5, 5.41) is 3.06. The van der Waals surface area contributed by atoms with Gasteiger partial charge in [0.25, 0.3) is 0 Å². The Bertz CT molecular complexity index is 573. The number of hydrogen-bond donors (Lipinski definition) is 1. The van der Waals surface area contributed by atoms with Crippen LogP contribution in [-0.2, 0) is 14.4 Å². The van der Waals surface area contributed by atoms with E-state index in [1.165, 1.54) is 30.6 Å². The molecule has 130 valence electrons. The minimum atomic E-state index is -0.252. The van der Waals surface area contributed by atoms with E-state index >= 15 is 0 Å². The van der Waals surface area contributed by atoms with E-state index in [0.717, 1.165) is 11.8 Å². The van der Waals surface area contributed by atoms with Crippen LogP contribution in [0.4, 0.5) is 0 Å². The van der Waals surface area contributed by atoms with Crippen LogP contribution in [0.25, 0.3) is 0 Å². The Morgan fingerprint density at radius 2 is 1.83 bits per heavy atom. The fourth-order valence-electron chi connectivity index (χ4n) is 5.48. The van der Waals surface area contributed by atoms with Crippen LogP contribution in [0.2, 0.25) is 0 Å². The second-order valence-electron chi connectivity index (χ2n) is 8.11. The van der Waals surface area contributed by atoms with Crippen molar-refractivity contribution in [2.45, 2.75) is 51.5 Å². The number of nitrogens with one attached hydrogen (secondary N) is 1. The number of carbonyl (C=O) groups excluding carboxylic acids is 3. The van der Waals surface area contributed by atoms with Crippen molar-refractivity contribution in [3.05, 3.63) is 12.2 Å². The first-order chi connectivity index (χ1) is 11.5. The third kappa shape index (κ3) is 2.58. The van der Waals surface area contributed by atoms with Gasteiger partial charge < -0.3 is 5.32 Å². The summed E-state index contributed by atoms with van der Waals surface area (Å²) in [5.74, 6) is 1.11. The van der Waals surface area contributed by atoms with E-state index < -0.39 is 0 Å². The third-order valence-electron chi connectivity index (χ3n) is 6.72. The van der Waals surface area contributed by atoms with Gasteiger partial charge in [0.2, 0.25) is 17.7 Å². The van der Waals surface area contributed by atoms with E-state index in [4.69, 9.17) is 0 Å². The largest absolute Gasteiger partial charge is 0.352 e. The van der Waals surface area contributed by atoms with Crippen molar-refractivity contribution in [3.63, 3.8) is 0 Å². The molecule has 5 heteroatoms. The number of amides is 3. The molecule has 3 amide bonds. The lowest BCUT2D eigenvalue weighted by Gasteiger charge is -2.29. The second kappa shape index (κ2) is 6.01. The standard InChI is InChI=1S/C19H26N2O3/c1-11(16-9-12-6-7-13(16)8-12)20-17(22)10-21-18(23)14-4-2-3-5-15(14)19(21)24/h2-3,11-16H,4-10H2,1H3,(H,20,22). The van der Waals surface area contributed by atoms with Crippen LogP contribution >= 0.6 is 0 Å². The van der Waals surface area contributed by atoms with Gasteiger partial charge in [0.05, 0.1) is 11.8 Å². The molecule has 0 spiro atoms. The Morgan fingerprint density at radius 1 is 1.17 bits per heavy atom. The van der Waals surface area contributed by atoms with Crippen molar-refractivity contribution in [2.24, 2.45) is 29.6 Å². The third-order valence-corrected chi connectivity index (χ3v) is 6.72. The second-order valence-corrected chi connectivity index (χ2v) is 8.11. The van der Waals surface area contributed by atoms with Gasteiger partial charge in [0, 0.05) is 6.04 Å². The lowest BCUT2D eigenvalue weighted by atomic mass is 9.84. The van der Waals surface area contributed by atoms with Crippen molar-refractivity contribution in [1.82, 2.24) is 10.2 Å².